The fraction of sp³-hybridized carbons (Fsp3) is 1.00. The van der Waals surface area contributed by atoms with E-state index in [1.54, 1.807) is 0 Å². The maximum Gasteiger partial charge on any atom is 0.0327 e. The van der Waals surface area contributed by atoms with Crippen LogP contribution in [0.25, 0.3) is 0 Å². The monoisotopic (exact) mass is 252 g/mol. The molecule has 2 aliphatic carbocycles. The van der Waals surface area contributed by atoms with Crippen LogP contribution < -0.4 is 5.32 Å². The molecule has 2 rings (SSSR count). The topological polar surface area (TPSA) is 15.3 Å². The van der Waals surface area contributed by atoms with E-state index in [0.29, 0.717) is 11.0 Å². The fourth-order valence-electron chi connectivity index (χ4n) is 4.01. The predicted octanol–water partition coefficient (Wildman–Crippen LogP) is 3.42. The Labute approximate surface area is 114 Å². The lowest BCUT2D eigenvalue weighted by Gasteiger charge is -2.44. The predicted molar refractivity (Wildman–Crippen MR) is 78.9 cm³/mol. The maximum absolute atomic E-state index is 3.92. The van der Waals surface area contributed by atoms with Crippen molar-refractivity contribution >= 4 is 0 Å². The van der Waals surface area contributed by atoms with Gasteiger partial charge in [-0.05, 0) is 45.2 Å². The Kier molecular flexibility index (Phi) is 4.38. The molecule has 0 aromatic rings. The lowest BCUT2D eigenvalue weighted by molar-refractivity contribution is 0.0893. The molecule has 2 saturated carbocycles. The van der Waals surface area contributed by atoms with Crippen LogP contribution in [0, 0.1) is 5.41 Å². The van der Waals surface area contributed by atoms with Gasteiger partial charge in [-0.1, -0.05) is 39.5 Å². The standard InChI is InChI=1S/C16H32N2/c1-15(2)10-8-9-14(15)17-13-16(18(3)4)11-6-5-7-12-16/h14,17H,5-13H2,1-4H3. The highest BCUT2D eigenvalue weighted by Gasteiger charge is 2.38. The second-order valence-electron chi connectivity index (χ2n) is 7.49. The highest BCUT2D eigenvalue weighted by atomic mass is 15.2. The molecule has 2 aliphatic rings. The Balaban J connectivity index is 1.94. The van der Waals surface area contributed by atoms with Gasteiger partial charge in [0, 0.05) is 18.1 Å². The Bertz CT molecular complexity index is 264. The number of nitrogens with zero attached hydrogens (tertiary/aromatic N) is 1. The third kappa shape index (κ3) is 2.91. The third-order valence-corrected chi connectivity index (χ3v) is 5.67. The summed E-state index contributed by atoms with van der Waals surface area (Å²) in [4.78, 5) is 2.49. The van der Waals surface area contributed by atoms with Crippen molar-refractivity contribution < 1.29 is 0 Å². The quantitative estimate of drug-likeness (QED) is 0.825. The SMILES string of the molecule is CN(C)C1(CNC2CCCC2(C)C)CCCCC1. The minimum absolute atomic E-state index is 0.427. The molecule has 0 aliphatic heterocycles. The molecule has 0 spiro atoms. The van der Waals surface area contributed by atoms with Gasteiger partial charge >= 0.3 is 0 Å². The summed E-state index contributed by atoms with van der Waals surface area (Å²) in [5.41, 5.74) is 0.930. The van der Waals surface area contributed by atoms with Gasteiger partial charge in [0.2, 0.25) is 0 Å². The van der Waals surface area contributed by atoms with Gasteiger partial charge in [0.05, 0.1) is 0 Å². The van der Waals surface area contributed by atoms with Crippen LogP contribution in [0.1, 0.15) is 65.2 Å². The van der Waals surface area contributed by atoms with Crippen LogP contribution >= 0.6 is 0 Å². The minimum atomic E-state index is 0.427. The molecule has 1 N–H and O–H groups in total. The molecule has 0 radical (unpaired) electrons. The molecular formula is C16H32N2. The first-order chi connectivity index (χ1) is 8.46. The first-order valence-corrected chi connectivity index (χ1v) is 7.87. The third-order valence-electron chi connectivity index (χ3n) is 5.67. The van der Waals surface area contributed by atoms with Crippen LogP contribution in [-0.2, 0) is 0 Å². The van der Waals surface area contributed by atoms with E-state index in [2.05, 4.69) is 38.2 Å². The molecule has 2 nitrogen and oxygen atoms in total. The molecule has 106 valence electrons. The van der Waals surface area contributed by atoms with Gasteiger partial charge in [0.15, 0.2) is 0 Å². The van der Waals surface area contributed by atoms with Gasteiger partial charge < -0.3 is 10.2 Å². The van der Waals surface area contributed by atoms with Gasteiger partial charge in [-0.2, -0.15) is 0 Å². The second-order valence-corrected chi connectivity index (χ2v) is 7.49. The average molecular weight is 252 g/mol. The normalized spacial score (nSPS) is 30.8. The summed E-state index contributed by atoms with van der Waals surface area (Å²) in [6, 6.07) is 0.733. The lowest BCUT2D eigenvalue weighted by Crippen LogP contribution is -2.55. The van der Waals surface area contributed by atoms with Crippen molar-refractivity contribution in [1.29, 1.82) is 0 Å². The summed E-state index contributed by atoms with van der Waals surface area (Å²) < 4.78 is 0. The van der Waals surface area contributed by atoms with Crippen LogP contribution in [0.3, 0.4) is 0 Å². The Morgan fingerprint density at radius 3 is 2.17 bits per heavy atom. The van der Waals surface area contributed by atoms with E-state index in [9.17, 15) is 0 Å². The van der Waals surface area contributed by atoms with E-state index in [1.807, 2.05) is 0 Å². The fourth-order valence-corrected chi connectivity index (χ4v) is 4.01. The van der Waals surface area contributed by atoms with Crippen molar-refractivity contribution in [2.75, 3.05) is 20.6 Å². The van der Waals surface area contributed by atoms with Crippen molar-refractivity contribution in [3.8, 4) is 0 Å². The zero-order valence-electron chi connectivity index (χ0n) is 12.9. The van der Waals surface area contributed by atoms with Gasteiger partial charge in [-0.15, -0.1) is 0 Å². The van der Waals surface area contributed by atoms with Crippen LogP contribution in [0.4, 0.5) is 0 Å². The van der Waals surface area contributed by atoms with Crippen LogP contribution in [0.5, 0.6) is 0 Å². The molecule has 2 heteroatoms. The second kappa shape index (κ2) is 5.50. The molecular weight excluding hydrogens is 220 g/mol. The van der Waals surface area contributed by atoms with Crippen molar-refractivity contribution in [2.24, 2.45) is 5.41 Å². The molecule has 0 aromatic heterocycles. The van der Waals surface area contributed by atoms with Crippen molar-refractivity contribution in [2.45, 2.75) is 76.8 Å². The number of rotatable bonds is 4. The maximum atomic E-state index is 3.92. The number of likely N-dealkylation sites (N-methyl/N-ethyl adjacent to an activating group) is 1. The number of hydrogen-bond acceptors (Lipinski definition) is 2. The lowest BCUT2D eigenvalue weighted by atomic mass is 9.79. The van der Waals surface area contributed by atoms with Crippen molar-refractivity contribution in [1.82, 2.24) is 10.2 Å². The first kappa shape index (κ1) is 14.3. The van der Waals surface area contributed by atoms with E-state index in [4.69, 9.17) is 0 Å². The van der Waals surface area contributed by atoms with Crippen molar-refractivity contribution in [3.05, 3.63) is 0 Å². The summed E-state index contributed by atoms with van der Waals surface area (Å²) in [6.07, 6.45) is 11.2. The smallest absolute Gasteiger partial charge is 0.0327 e. The molecule has 0 saturated heterocycles. The molecule has 0 amide bonds. The number of hydrogen-bond donors (Lipinski definition) is 1. The van der Waals surface area contributed by atoms with Crippen molar-refractivity contribution in [3.63, 3.8) is 0 Å². The average Bonchev–Trinajstić information content (AvgIpc) is 2.67. The van der Waals surface area contributed by atoms with E-state index in [0.717, 1.165) is 6.04 Å². The minimum Gasteiger partial charge on any atom is -0.312 e. The summed E-state index contributed by atoms with van der Waals surface area (Å²) >= 11 is 0. The Hall–Kier alpha value is -0.0800. The van der Waals surface area contributed by atoms with Crippen LogP contribution in [-0.4, -0.2) is 37.1 Å². The number of nitrogens with one attached hydrogen (secondary N) is 1. The van der Waals surface area contributed by atoms with Gasteiger partial charge in [0.1, 0.15) is 0 Å². The molecule has 0 aromatic carbocycles. The van der Waals surface area contributed by atoms with E-state index < -0.39 is 0 Å². The van der Waals surface area contributed by atoms with Crippen LogP contribution in [0.2, 0.25) is 0 Å². The zero-order valence-corrected chi connectivity index (χ0v) is 12.9. The highest BCUT2D eigenvalue weighted by Crippen LogP contribution is 2.38. The molecule has 0 bridgehead atoms. The van der Waals surface area contributed by atoms with Gasteiger partial charge in [-0.3, -0.25) is 0 Å². The van der Waals surface area contributed by atoms with E-state index >= 15 is 0 Å². The largest absolute Gasteiger partial charge is 0.312 e. The van der Waals surface area contributed by atoms with E-state index in [-0.39, 0.29) is 0 Å². The Morgan fingerprint density at radius 1 is 1.00 bits per heavy atom. The summed E-state index contributed by atoms with van der Waals surface area (Å²) in [5, 5.41) is 3.92. The van der Waals surface area contributed by atoms with Crippen LogP contribution in [0.15, 0.2) is 0 Å². The molecule has 1 unspecified atom stereocenters. The zero-order chi connectivity index (χ0) is 13.2. The summed E-state index contributed by atoms with van der Waals surface area (Å²) in [7, 11) is 4.54. The van der Waals surface area contributed by atoms with E-state index in [1.165, 1.54) is 57.9 Å². The molecule has 0 heterocycles. The first-order valence-electron chi connectivity index (χ1n) is 7.87. The summed E-state index contributed by atoms with van der Waals surface area (Å²) in [5.74, 6) is 0. The Morgan fingerprint density at radius 2 is 1.67 bits per heavy atom. The van der Waals surface area contributed by atoms with Gasteiger partial charge in [-0.25, -0.2) is 0 Å². The van der Waals surface area contributed by atoms with Gasteiger partial charge in [0.25, 0.3) is 0 Å². The summed E-state index contributed by atoms with van der Waals surface area (Å²) in [6.45, 7) is 6.05. The molecule has 18 heavy (non-hydrogen) atoms. The highest BCUT2D eigenvalue weighted by molar-refractivity contribution is 4.97. The molecule has 1 atom stereocenters. The molecule has 2 fully saturated rings.